The van der Waals surface area contributed by atoms with Crippen molar-refractivity contribution in [3.8, 4) is 11.1 Å². The monoisotopic (exact) mass is 326 g/mol. The van der Waals surface area contributed by atoms with Gasteiger partial charge < -0.3 is 10.0 Å². The first-order valence-corrected chi connectivity index (χ1v) is 7.64. The van der Waals surface area contributed by atoms with E-state index in [4.69, 9.17) is 5.21 Å². The number of carbonyl (C=O) groups is 2. The van der Waals surface area contributed by atoms with Crippen LogP contribution in [0.25, 0.3) is 11.1 Å². The van der Waals surface area contributed by atoms with Crippen LogP contribution in [-0.4, -0.2) is 39.2 Å². The highest BCUT2D eigenvalue weighted by molar-refractivity contribution is 6.02. The van der Waals surface area contributed by atoms with E-state index in [0.717, 1.165) is 16.7 Å². The predicted molar refractivity (Wildman–Crippen MR) is 87.1 cm³/mol. The Bertz CT molecular complexity index is 774. The third-order valence-corrected chi connectivity index (χ3v) is 4.22. The summed E-state index contributed by atoms with van der Waals surface area (Å²) < 4.78 is 0. The van der Waals surface area contributed by atoms with Crippen molar-refractivity contribution in [2.45, 2.75) is 25.6 Å². The first kappa shape index (κ1) is 16.2. The number of aliphatic hydroxyl groups is 1. The fraction of sp³-hybridized carbons (Fsp3) is 0.222. The Morgan fingerprint density at radius 2 is 1.88 bits per heavy atom. The van der Waals surface area contributed by atoms with Gasteiger partial charge in [-0.2, -0.15) is 0 Å². The molecule has 6 heteroatoms. The fourth-order valence-electron chi connectivity index (χ4n) is 3.05. The molecule has 124 valence electrons. The van der Waals surface area contributed by atoms with Gasteiger partial charge in [-0.3, -0.25) is 14.8 Å². The molecule has 1 aliphatic rings. The van der Waals surface area contributed by atoms with Gasteiger partial charge in [0.15, 0.2) is 0 Å². The van der Waals surface area contributed by atoms with Crippen LogP contribution in [0.15, 0.2) is 48.5 Å². The maximum absolute atomic E-state index is 12.7. The van der Waals surface area contributed by atoms with Crippen LogP contribution < -0.4 is 5.48 Å². The van der Waals surface area contributed by atoms with Crippen molar-refractivity contribution in [3.63, 3.8) is 0 Å². The SMILES string of the molecule is C[C@@H](O)[C@@H](C(=O)NO)N1Cc2ccc(-c3ccccc3)cc2C1=O. The second-order valence-electron chi connectivity index (χ2n) is 5.83. The average molecular weight is 326 g/mol. The predicted octanol–water partition coefficient (Wildman–Crippen LogP) is 1.56. The molecule has 1 heterocycles. The largest absolute Gasteiger partial charge is 0.391 e. The lowest BCUT2D eigenvalue weighted by molar-refractivity contribution is -0.137. The molecule has 2 aromatic rings. The van der Waals surface area contributed by atoms with Gasteiger partial charge in [0, 0.05) is 12.1 Å². The van der Waals surface area contributed by atoms with Gasteiger partial charge in [-0.15, -0.1) is 0 Å². The minimum absolute atomic E-state index is 0.215. The van der Waals surface area contributed by atoms with Crippen molar-refractivity contribution in [1.29, 1.82) is 0 Å². The van der Waals surface area contributed by atoms with Crippen LogP contribution in [-0.2, 0) is 11.3 Å². The van der Waals surface area contributed by atoms with E-state index in [2.05, 4.69) is 0 Å². The summed E-state index contributed by atoms with van der Waals surface area (Å²) in [6.07, 6.45) is -1.11. The van der Waals surface area contributed by atoms with Gasteiger partial charge in [0.2, 0.25) is 0 Å². The Labute approximate surface area is 139 Å². The summed E-state index contributed by atoms with van der Waals surface area (Å²) in [5.74, 6) is -1.15. The highest BCUT2D eigenvalue weighted by Gasteiger charge is 2.39. The molecule has 1 aliphatic heterocycles. The summed E-state index contributed by atoms with van der Waals surface area (Å²) in [4.78, 5) is 25.8. The number of amides is 2. The molecule has 3 rings (SSSR count). The third-order valence-electron chi connectivity index (χ3n) is 4.22. The van der Waals surface area contributed by atoms with E-state index in [0.29, 0.717) is 5.56 Å². The molecule has 0 aliphatic carbocycles. The molecule has 0 aromatic heterocycles. The van der Waals surface area contributed by atoms with Crippen LogP contribution in [0.5, 0.6) is 0 Å². The molecule has 24 heavy (non-hydrogen) atoms. The second kappa shape index (κ2) is 6.43. The topological polar surface area (TPSA) is 89.9 Å². The lowest BCUT2D eigenvalue weighted by Crippen LogP contribution is -2.52. The molecule has 0 spiro atoms. The second-order valence-corrected chi connectivity index (χ2v) is 5.83. The molecule has 0 saturated carbocycles. The zero-order chi connectivity index (χ0) is 17.3. The van der Waals surface area contributed by atoms with Gasteiger partial charge in [0.05, 0.1) is 6.10 Å². The number of aliphatic hydroxyl groups excluding tert-OH is 1. The first-order valence-electron chi connectivity index (χ1n) is 7.64. The molecular weight excluding hydrogens is 308 g/mol. The number of rotatable bonds is 4. The Morgan fingerprint density at radius 3 is 2.50 bits per heavy atom. The zero-order valence-electron chi connectivity index (χ0n) is 13.1. The van der Waals surface area contributed by atoms with Crippen molar-refractivity contribution in [2.75, 3.05) is 0 Å². The van der Waals surface area contributed by atoms with E-state index in [1.54, 1.807) is 6.07 Å². The number of carbonyl (C=O) groups excluding carboxylic acids is 2. The minimum Gasteiger partial charge on any atom is -0.391 e. The van der Waals surface area contributed by atoms with E-state index in [-0.39, 0.29) is 12.5 Å². The Hall–Kier alpha value is -2.70. The molecule has 0 bridgehead atoms. The molecule has 6 nitrogen and oxygen atoms in total. The quantitative estimate of drug-likeness (QED) is 0.587. The van der Waals surface area contributed by atoms with Gasteiger partial charge >= 0.3 is 0 Å². The number of fused-ring (bicyclic) bond motifs is 1. The molecular formula is C18H18N2O4. The highest BCUT2D eigenvalue weighted by atomic mass is 16.5. The summed E-state index contributed by atoms with van der Waals surface area (Å²) in [5.41, 5.74) is 4.71. The number of benzene rings is 2. The minimum atomic E-state index is -1.14. The van der Waals surface area contributed by atoms with Crippen LogP contribution in [0.4, 0.5) is 0 Å². The maximum Gasteiger partial charge on any atom is 0.268 e. The smallest absolute Gasteiger partial charge is 0.268 e. The number of hydrogen-bond donors (Lipinski definition) is 3. The van der Waals surface area contributed by atoms with Gasteiger partial charge in [-0.05, 0) is 29.7 Å². The molecule has 0 saturated heterocycles. The van der Waals surface area contributed by atoms with Crippen molar-refractivity contribution in [2.24, 2.45) is 0 Å². The Kier molecular flexibility index (Phi) is 4.33. The maximum atomic E-state index is 12.7. The van der Waals surface area contributed by atoms with Gasteiger partial charge in [0.25, 0.3) is 11.8 Å². The molecule has 2 aromatic carbocycles. The summed E-state index contributed by atoms with van der Waals surface area (Å²) in [6, 6.07) is 14.1. The Morgan fingerprint density at radius 1 is 1.17 bits per heavy atom. The first-order chi connectivity index (χ1) is 11.5. The zero-order valence-corrected chi connectivity index (χ0v) is 13.1. The van der Waals surface area contributed by atoms with E-state index < -0.39 is 18.1 Å². The van der Waals surface area contributed by atoms with Crippen molar-refractivity contribution in [1.82, 2.24) is 10.4 Å². The number of hydroxylamine groups is 1. The number of hydrogen-bond acceptors (Lipinski definition) is 4. The van der Waals surface area contributed by atoms with Gasteiger partial charge in [-0.1, -0.05) is 42.5 Å². The third kappa shape index (κ3) is 2.77. The van der Waals surface area contributed by atoms with E-state index in [1.807, 2.05) is 42.5 Å². The van der Waals surface area contributed by atoms with Gasteiger partial charge in [-0.25, -0.2) is 5.48 Å². The number of nitrogens with zero attached hydrogens (tertiary/aromatic N) is 1. The molecule has 0 fully saturated rings. The van der Waals surface area contributed by atoms with Crippen molar-refractivity contribution < 1.29 is 19.9 Å². The van der Waals surface area contributed by atoms with Crippen LogP contribution >= 0.6 is 0 Å². The fourth-order valence-corrected chi connectivity index (χ4v) is 3.05. The highest BCUT2D eigenvalue weighted by Crippen LogP contribution is 2.30. The molecule has 0 unspecified atom stereocenters. The standard InChI is InChI=1S/C18H18N2O4/c1-11(21)16(17(22)19-24)20-10-14-8-7-13(9-15(14)18(20)23)12-5-3-2-4-6-12/h2-9,11,16,21,24H,10H2,1H3,(H,19,22)/t11-,16+/m1/s1. The lowest BCUT2D eigenvalue weighted by Gasteiger charge is -2.27. The summed E-state index contributed by atoms with van der Waals surface area (Å²) in [5, 5.41) is 18.7. The van der Waals surface area contributed by atoms with Crippen molar-refractivity contribution in [3.05, 3.63) is 59.7 Å². The number of nitrogens with one attached hydrogen (secondary N) is 1. The van der Waals surface area contributed by atoms with E-state index in [1.165, 1.54) is 17.3 Å². The molecule has 2 amide bonds. The van der Waals surface area contributed by atoms with Gasteiger partial charge in [0.1, 0.15) is 6.04 Å². The van der Waals surface area contributed by atoms with Crippen molar-refractivity contribution >= 4 is 11.8 Å². The summed E-state index contributed by atoms with van der Waals surface area (Å²) >= 11 is 0. The van der Waals surface area contributed by atoms with Crippen LogP contribution in [0.3, 0.4) is 0 Å². The molecule has 3 N–H and O–H groups in total. The summed E-state index contributed by atoms with van der Waals surface area (Å²) in [6.45, 7) is 1.62. The van der Waals surface area contributed by atoms with E-state index in [9.17, 15) is 14.7 Å². The summed E-state index contributed by atoms with van der Waals surface area (Å²) in [7, 11) is 0. The molecule has 2 atom stereocenters. The van der Waals surface area contributed by atoms with Crippen LogP contribution in [0.1, 0.15) is 22.8 Å². The Balaban J connectivity index is 1.95. The molecule has 0 radical (unpaired) electrons. The van der Waals surface area contributed by atoms with Crippen LogP contribution in [0, 0.1) is 0 Å². The average Bonchev–Trinajstić information content (AvgIpc) is 2.91. The van der Waals surface area contributed by atoms with Crippen LogP contribution in [0.2, 0.25) is 0 Å². The normalized spacial score (nSPS) is 15.8. The lowest BCUT2D eigenvalue weighted by atomic mass is 10.0. The van der Waals surface area contributed by atoms with E-state index >= 15 is 0 Å².